The number of nitrogens with one attached hydrogen (secondary N) is 1. The van der Waals surface area contributed by atoms with E-state index in [4.69, 9.17) is 4.98 Å². The van der Waals surface area contributed by atoms with Crippen molar-refractivity contribution in [1.29, 1.82) is 0 Å². The summed E-state index contributed by atoms with van der Waals surface area (Å²) in [7, 11) is 0. The molecule has 2 aromatic carbocycles. The molecule has 5 nitrogen and oxygen atoms in total. The molecule has 0 saturated heterocycles. The third kappa shape index (κ3) is 4.94. The summed E-state index contributed by atoms with van der Waals surface area (Å²) >= 11 is 0. The highest BCUT2D eigenvalue weighted by Gasteiger charge is 2.16. The van der Waals surface area contributed by atoms with Crippen molar-refractivity contribution in [1.82, 2.24) is 9.97 Å². The number of hydrogen-bond donors (Lipinski definition) is 1. The number of rotatable bonds is 7. The molecule has 1 heterocycles. The third-order valence-electron chi connectivity index (χ3n) is 4.46. The second kappa shape index (κ2) is 8.65. The van der Waals surface area contributed by atoms with Crippen LogP contribution in [0, 0.1) is 6.92 Å². The van der Waals surface area contributed by atoms with E-state index in [2.05, 4.69) is 41.2 Å². The van der Waals surface area contributed by atoms with Crippen LogP contribution in [-0.4, -0.2) is 21.8 Å². The second-order valence-electron chi connectivity index (χ2n) is 7.16. The minimum absolute atomic E-state index is 0.0389. The van der Waals surface area contributed by atoms with E-state index in [1.165, 1.54) is 5.56 Å². The van der Waals surface area contributed by atoms with Crippen LogP contribution in [0.5, 0.6) is 0 Å². The van der Waals surface area contributed by atoms with Gasteiger partial charge in [0.05, 0.1) is 0 Å². The Labute approximate surface area is 166 Å². The van der Waals surface area contributed by atoms with Crippen LogP contribution < -0.4 is 10.2 Å². The Hall–Kier alpha value is -3.21. The predicted molar refractivity (Wildman–Crippen MR) is 114 cm³/mol. The van der Waals surface area contributed by atoms with Crippen molar-refractivity contribution < 1.29 is 4.79 Å². The molecule has 0 fully saturated rings. The van der Waals surface area contributed by atoms with E-state index in [0.29, 0.717) is 17.3 Å². The zero-order chi connectivity index (χ0) is 20.1. The SMILES string of the molecule is CC(=O)c1cccc(Nc2cc(C)nc(N(Cc3ccccc3)C(C)C)n2)c1. The standard InChI is InChI=1S/C23H26N4O/c1-16(2)27(15-19-9-6-5-7-10-19)23-24-17(3)13-22(26-23)25-21-12-8-11-20(14-21)18(4)28/h5-14,16H,15H2,1-4H3,(H,24,25,26). The van der Waals surface area contributed by atoms with Gasteiger partial charge in [0.1, 0.15) is 5.82 Å². The minimum atomic E-state index is 0.0389. The molecule has 0 aliphatic rings. The Morgan fingerprint density at radius 2 is 1.79 bits per heavy atom. The molecule has 1 N–H and O–H groups in total. The van der Waals surface area contributed by atoms with Gasteiger partial charge in [-0.15, -0.1) is 0 Å². The van der Waals surface area contributed by atoms with Crippen molar-refractivity contribution in [3.8, 4) is 0 Å². The van der Waals surface area contributed by atoms with E-state index in [9.17, 15) is 4.79 Å². The molecule has 0 atom stereocenters. The smallest absolute Gasteiger partial charge is 0.228 e. The fourth-order valence-electron chi connectivity index (χ4n) is 2.97. The summed E-state index contributed by atoms with van der Waals surface area (Å²) in [5.74, 6) is 1.43. The summed E-state index contributed by atoms with van der Waals surface area (Å²) in [5.41, 5.74) is 3.60. The second-order valence-corrected chi connectivity index (χ2v) is 7.16. The normalized spacial score (nSPS) is 10.8. The number of ketones is 1. The van der Waals surface area contributed by atoms with Crippen LogP contribution in [0.2, 0.25) is 0 Å². The molecule has 3 rings (SSSR count). The molecule has 0 spiro atoms. The van der Waals surface area contributed by atoms with Crippen LogP contribution in [0.3, 0.4) is 0 Å². The van der Waals surface area contributed by atoms with Gasteiger partial charge < -0.3 is 10.2 Å². The van der Waals surface area contributed by atoms with Crippen LogP contribution in [0.4, 0.5) is 17.5 Å². The molecule has 0 amide bonds. The highest BCUT2D eigenvalue weighted by Crippen LogP contribution is 2.22. The number of anilines is 3. The van der Waals surface area contributed by atoms with E-state index >= 15 is 0 Å². The van der Waals surface area contributed by atoms with Crippen LogP contribution in [-0.2, 0) is 6.54 Å². The number of benzene rings is 2. The highest BCUT2D eigenvalue weighted by molar-refractivity contribution is 5.95. The van der Waals surface area contributed by atoms with E-state index in [0.717, 1.165) is 17.9 Å². The van der Waals surface area contributed by atoms with Gasteiger partial charge >= 0.3 is 0 Å². The van der Waals surface area contributed by atoms with E-state index in [1.807, 2.05) is 55.5 Å². The Kier molecular flexibility index (Phi) is 6.04. The zero-order valence-corrected chi connectivity index (χ0v) is 16.8. The summed E-state index contributed by atoms with van der Waals surface area (Å²) in [5, 5.41) is 3.31. The van der Waals surface area contributed by atoms with Crippen molar-refractivity contribution in [2.24, 2.45) is 0 Å². The lowest BCUT2D eigenvalue weighted by atomic mass is 10.1. The van der Waals surface area contributed by atoms with E-state index in [1.54, 1.807) is 6.92 Å². The van der Waals surface area contributed by atoms with Crippen LogP contribution in [0.15, 0.2) is 60.7 Å². The lowest BCUT2D eigenvalue weighted by Gasteiger charge is -2.27. The molecule has 0 bridgehead atoms. The number of carbonyl (C=O) groups is 1. The van der Waals surface area contributed by atoms with Crippen LogP contribution in [0.1, 0.15) is 42.4 Å². The molecule has 0 aliphatic carbocycles. The highest BCUT2D eigenvalue weighted by atomic mass is 16.1. The van der Waals surface area contributed by atoms with Crippen molar-refractivity contribution in [3.05, 3.63) is 77.5 Å². The molecule has 3 aromatic rings. The van der Waals surface area contributed by atoms with Crippen LogP contribution in [0.25, 0.3) is 0 Å². The summed E-state index contributed by atoms with van der Waals surface area (Å²) in [6.07, 6.45) is 0. The van der Waals surface area contributed by atoms with Gasteiger partial charge in [-0.1, -0.05) is 42.5 Å². The van der Waals surface area contributed by atoms with Crippen LogP contribution >= 0.6 is 0 Å². The average molecular weight is 374 g/mol. The van der Waals surface area contributed by atoms with Crippen molar-refractivity contribution in [2.45, 2.75) is 40.3 Å². The van der Waals surface area contributed by atoms with Gasteiger partial charge in [-0.25, -0.2) is 4.98 Å². The molecule has 144 valence electrons. The maximum absolute atomic E-state index is 11.6. The van der Waals surface area contributed by atoms with Crippen molar-refractivity contribution in [2.75, 3.05) is 10.2 Å². The maximum Gasteiger partial charge on any atom is 0.228 e. The van der Waals surface area contributed by atoms with Gasteiger partial charge in [-0.05, 0) is 45.4 Å². The monoisotopic (exact) mass is 374 g/mol. The fourth-order valence-corrected chi connectivity index (χ4v) is 2.97. The lowest BCUT2D eigenvalue weighted by Crippen LogP contribution is -2.32. The van der Waals surface area contributed by atoms with E-state index in [-0.39, 0.29) is 11.8 Å². The Morgan fingerprint density at radius 1 is 1.04 bits per heavy atom. The van der Waals surface area contributed by atoms with E-state index < -0.39 is 0 Å². The largest absolute Gasteiger partial charge is 0.340 e. The van der Waals surface area contributed by atoms with Crippen molar-refractivity contribution >= 4 is 23.2 Å². The number of hydrogen-bond acceptors (Lipinski definition) is 5. The molecular weight excluding hydrogens is 348 g/mol. The number of carbonyl (C=O) groups excluding carboxylic acids is 1. The summed E-state index contributed by atoms with van der Waals surface area (Å²) < 4.78 is 0. The van der Waals surface area contributed by atoms with Gasteiger partial charge in [-0.2, -0.15) is 4.98 Å². The topological polar surface area (TPSA) is 58.1 Å². The Bertz CT molecular complexity index is 954. The molecule has 0 unspecified atom stereocenters. The quantitative estimate of drug-likeness (QED) is 0.580. The van der Waals surface area contributed by atoms with Gasteiger partial charge in [-0.3, -0.25) is 4.79 Å². The molecule has 5 heteroatoms. The number of aryl methyl sites for hydroxylation is 1. The molecule has 0 radical (unpaired) electrons. The number of Topliss-reactive ketones (excluding diaryl/α,β-unsaturated/α-hetero) is 1. The minimum Gasteiger partial charge on any atom is -0.340 e. The first-order chi connectivity index (χ1) is 13.4. The van der Waals surface area contributed by atoms with Gasteiger partial charge in [0.15, 0.2) is 5.78 Å². The molecule has 0 aliphatic heterocycles. The van der Waals surface area contributed by atoms with Crippen molar-refractivity contribution in [3.63, 3.8) is 0 Å². The summed E-state index contributed by atoms with van der Waals surface area (Å²) in [6, 6.07) is 19.9. The predicted octanol–water partition coefficient (Wildman–Crippen LogP) is 5.15. The van der Waals surface area contributed by atoms with Gasteiger partial charge in [0, 0.05) is 35.6 Å². The lowest BCUT2D eigenvalue weighted by molar-refractivity contribution is 0.101. The Balaban J connectivity index is 1.89. The van der Waals surface area contributed by atoms with Gasteiger partial charge in [0.25, 0.3) is 0 Å². The first-order valence-electron chi connectivity index (χ1n) is 9.46. The molecule has 0 saturated carbocycles. The average Bonchev–Trinajstić information content (AvgIpc) is 2.66. The Morgan fingerprint density at radius 3 is 2.46 bits per heavy atom. The van der Waals surface area contributed by atoms with Gasteiger partial charge in [0.2, 0.25) is 5.95 Å². The number of aromatic nitrogens is 2. The first-order valence-corrected chi connectivity index (χ1v) is 9.46. The first kappa shape index (κ1) is 19.5. The maximum atomic E-state index is 11.6. The molecular formula is C23H26N4O. The summed E-state index contributed by atoms with van der Waals surface area (Å²) in [4.78, 5) is 23.2. The zero-order valence-electron chi connectivity index (χ0n) is 16.8. The fraction of sp³-hybridized carbons (Fsp3) is 0.261. The molecule has 1 aromatic heterocycles. The summed E-state index contributed by atoms with van der Waals surface area (Å²) in [6.45, 7) is 8.54. The number of nitrogens with zero attached hydrogens (tertiary/aromatic N) is 3. The molecule has 28 heavy (non-hydrogen) atoms. The third-order valence-corrected chi connectivity index (χ3v) is 4.46.